The van der Waals surface area contributed by atoms with Gasteiger partial charge in [-0.15, -0.1) is 0 Å². The second-order valence-corrected chi connectivity index (χ2v) is 5.74. The molecular formula is C17H16ClN3O2. The van der Waals surface area contributed by atoms with Crippen molar-refractivity contribution in [3.63, 3.8) is 0 Å². The van der Waals surface area contributed by atoms with Crippen LogP contribution in [-0.4, -0.2) is 20.4 Å². The number of phenolic OH excluding ortho intramolecular Hbond substituents is 1. The van der Waals surface area contributed by atoms with Gasteiger partial charge in [-0.05, 0) is 37.1 Å². The molecule has 0 aliphatic heterocycles. The van der Waals surface area contributed by atoms with E-state index in [-0.39, 0.29) is 11.7 Å². The Bertz CT molecular complexity index is 902. The molecule has 0 aliphatic carbocycles. The van der Waals surface area contributed by atoms with Gasteiger partial charge in [0.1, 0.15) is 17.1 Å². The van der Waals surface area contributed by atoms with Gasteiger partial charge in [-0.2, -0.15) is 0 Å². The molecule has 23 heavy (non-hydrogen) atoms. The summed E-state index contributed by atoms with van der Waals surface area (Å²) in [7, 11) is 0. The fraction of sp³-hybridized carbons (Fsp3) is 0.176. The van der Waals surface area contributed by atoms with Crippen molar-refractivity contribution in [3.8, 4) is 5.75 Å². The molecule has 1 aromatic carbocycles. The standard InChI is InChI=1S/C17H16ClN3O2/c1-3-12-16(21-7-6-11(18)9-15(21)19-12)17(23)20-13-5-4-10(2)8-14(13)22/h4-9,22H,3H2,1-2H3,(H,20,23). The van der Waals surface area contributed by atoms with E-state index in [2.05, 4.69) is 10.3 Å². The largest absolute Gasteiger partial charge is 0.506 e. The number of amides is 1. The van der Waals surface area contributed by atoms with E-state index >= 15 is 0 Å². The minimum absolute atomic E-state index is 0.0354. The summed E-state index contributed by atoms with van der Waals surface area (Å²) in [6.07, 6.45) is 2.33. The molecule has 5 nitrogen and oxygen atoms in total. The number of halogens is 1. The summed E-state index contributed by atoms with van der Waals surface area (Å²) in [5.41, 5.74) is 3.02. The predicted octanol–water partition coefficient (Wildman–Crippen LogP) is 3.82. The molecule has 2 aromatic heterocycles. The van der Waals surface area contributed by atoms with Gasteiger partial charge in [0, 0.05) is 17.3 Å². The Labute approximate surface area is 138 Å². The number of anilines is 1. The molecule has 0 fully saturated rings. The minimum atomic E-state index is -0.323. The van der Waals surface area contributed by atoms with Crippen molar-refractivity contribution in [3.05, 3.63) is 58.5 Å². The fourth-order valence-corrected chi connectivity index (χ4v) is 2.64. The van der Waals surface area contributed by atoms with Gasteiger partial charge >= 0.3 is 0 Å². The molecule has 0 saturated carbocycles. The topological polar surface area (TPSA) is 66.6 Å². The third-order valence-corrected chi connectivity index (χ3v) is 3.85. The maximum Gasteiger partial charge on any atom is 0.274 e. The van der Waals surface area contributed by atoms with Crippen LogP contribution >= 0.6 is 11.6 Å². The van der Waals surface area contributed by atoms with Crippen molar-refractivity contribution in [2.24, 2.45) is 0 Å². The molecule has 3 rings (SSSR count). The van der Waals surface area contributed by atoms with Crippen LogP contribution in [0, 0.1) is 6.92 Å². The molecule has 2 heterocycles. The van der Waals surface area contributed by atoms with Crippen LogP contribution in [0.15, 0.2) is 36.5 Å². The van der Waals surface area contributed by atoms with Crippen LogP contribution in [0.25, 0.3) is 5.65 Å². The van der Waals surface area contributed by atoms with Gasteiger partial charge in [0.25, 0.3) is 5.91 Å². The van der Waals surface area contributed by atoms with Crippen LogP contribution < -0.4 is 5.32 Å². The van der Waals surface area contributed by atoms with Crippen molar-refractivity contribution in [2.45, 2.75) is 20.3 Å². The Morgan fingerprint density at radius 1 is 1.35 bits per heavy atom. The van der Waals surface area contributed by atoms with Crippen LogP contribution in [0.2, 0.25) is 5.02 Å². The van der Waals surface area contributed by atoms with Gasteiger partial charge in [-0.1, -0.05) is 24.6 Å². The number of carbonyl (C=O) groups excluding carboxylic acids is 1. The molecule has 2 N–H and O–H groups in total. The van der Waals surface area contributed by atoms with Gasteiger partial charge in [0.15, 0.2) is 0 Å². The lowest BCUT2D eigenvalue weighted by Crippen LogP contribution is -2.16. The first-order chi connectivity index (χ1) is 11.0. The van der Waals surface area contributed by atoms with E-state index in [1.54, 1.807) is 34.9 Å². The summed E-state index contributed by atoms with van der Waals surface area (Å²) in [6, 6.07) is 8.51. The predicted molar refractivity (Wildman–Crippen MR) is 90.4 cm³/mol. The number of pyridine rings is 1. The minimum Gasteiger partial charge on any atom is -0.506 e. The first-order valence-electron chi connectivity index (χ1n) is 7.27. The number of nitrogens with one attached hydrogen (secondary N) is 1. The van der Waals surface area contributed by atoms with Crippen molar-refractivity contribution >= 4 is 28.8 Å². The molecular weight excluding hydrogens is 314 g/mol. The van der Waals surface area contributed by atoms with Crippen LogP contribution in [0.3, 0.4) is 0 Å². The van der Waals surface area contributed by atoms with E-state index in [0.717, 1.165) is 5.56 Å². The van der Waals surface area contributed by atoms with E-state index in [1.165, 1.54) is 0 Å². The third kappa shape index (κ3) is 2.87. The number of aromatic nitrogens is 2. The molecule has 0 saturated heterocycles. The van der Waals surface area contributed by atoms with Crippen molar-refractivity contribution in [2.75, 3.05) is 5.32 Å². The lowest BCUT2D eigenvalue weighted by molar-refractivity contribution is 0.102. The Hall–Kier alpha value is -2.53. The van der Waals surface area contributed by atoms with Gasteiger partial charge < -0.3 is 10.4 Å². The average Bonchev–Trinajstić information content (AvgIpc) is 2.87. The normalized spacial score (nSPS) is 10.9. The number of aromatic hydroxyl groups is 1. The summed E-state index contributed by atoms with van der Waals surface area (Å²) in [5.74, 6) is -0.288. The van der Waals surface area contributed by atoms with Crippen molar-refractivity contribution < 1.29 is 9.90 Å². The van der Waals surface area contributed by atoms with Crippen LogP contribution in [-0.2, 0) is 6.42 Å². The highest BCUT2D eigenvalue weighted by Gasteiger charge is 2.19. The molecule has 0 atom stereocenters. The highest BCUT2D eigenvalue weighted by atomic mass is 35.5. The zero-order valence-electron chi connectivity index (χ0n) is 12.8. The Morgan fingerprint density at radius 3 is 2.83 bits per heavy atom. The lowest BCUT2D eigenvalue weighted by Gasteiger charge is -2.09. The van der Waals surface area contributed by atoms with E-state index in [9.17, 15) is 9.90 Å². The average molecular weight is 330 g/mol. The molecule has 0 radical (unpaired) electrons. The highest BCUT2D eigenvalue weighted by Crippen LogP contribution is 2.25. The number of hydrogen-bond acceptors (Lipinski definition) is 3. The maximum absolute atomic E-state index is 12.7. The molecule has 0 bridgehead atoms. The number of fused-ring (bicyclic) bond motifs is 1. The zero-order valence-corrected chi connectivity index (χ0v) is 13.6. The number of nitrogens with zero attached hydrogens (tertiary/aromatic N) is 2. The summed E-state index contributed by atoms with van der Waals surface area (Å²) >= 11 is 5.98. The van der Waals surface area contributed by atoms with Gasteiger partial charge in [-0.25, -0.2) is 4.98 Å². The Kier molecular flexibility index (Phi) is 3.96. The quantitative estimate of drug-likeness (QED) is 0.718. The van der Waals surface area contributed by atoms with E-state index in [4.69, 9.17) is 11.6 Å². The van der Waals surface area contributed by atoms with Crippen LogP contribution in [0.1, 0.15) is 28.7 Å². The lowest BCUT2D eigenvalue weighted by atomic mass is 10.2. The van der Waals surface area contributed by atoms with E-state index in [1.807, 2.05) is 19.9 Å². The SMILES string of the molecule is CCc1nc2cc(Cl)ccn2c1C(=O)Nc1ccc(C)cc1O. The van der Waals surface area contributed by atoms with Crippen LogP contribution in [0.4, 0.5) is 5.69 Å². The molecule has 118 valence electrons. The summed E-state index contributed by atoms with van der Waals surface area (Å²) in [4.78, 5) is 17.1. The number of imidazole rings is 1. The monoisotopic (exact) mass is 329 g/mol. The first-order valence-corrected chi connectivity index (χ1v) is 7.65. The Balaban J connectivity index is 2.03. The summed E-state index contributed by atoms with van der Waals surface area (Å²) in [5, 5.41) is 13.3. The molecule has 1 amide bonds. The van der Waals surface area contributed by atoms with E-state index in [0.29, 0.717) is 34.2 Å². The number of benzene rings is 1. The molecule has 0 unspecified atom stereocenters. The van der Waals surface area contributed by atoms with Gasteiger partial charge in [0.05, 0.1) is 11.4 Å². The van der Waals surface area contributed by atoms with Crippen molar-refractivity contribution in [1.82, 2.24) is 9.38 Å². The molecule has 3 aromatic rings. The number of hydrogen-bond donors (Lipinski definition) is 2. The number of phenols is 1. The van der Waals surface area contributed by atoms with E-state index < -0.39 is 0 Å². The third-order valence-electron chi connectivity index (χ3n) is 3.61. The zero-order chi connectivity index (χ0) is 16.6. The van der Waals surface area contributed by atoms with Crippen molar-refractivity contribution in [1.29, 1.82) is 0 Å². The molecule has 6 heteroatoms. The summed E-state index contributed by atoms with van der Waals surface area (Å²) in [6.45, 7) is 3.80. The smallest absolute Gasteiger partial charge is 0.274 e. The number of aryl methyl sites for hydroxylation is 2. The Morgan fingerprint density at radius 2 is 2.13 bits per heavy atom. The second-order valence-electron chi connectivity index (χ2n) is 5.31. The highest BCUT2D eigenvalue weighted by molar-refractivity contribution is 6.30. The fourth-order valence-electron chi connectivity index (χ4n) is 2.48. The molecule has 0 aliphatic rings. The maximum atomic E-state index is 12.7. The van der Waals surface area contributed by atoms with Gasteiger partial charge in [-0.3, -0.25) is 9.20 Å². The second kappa shape index (κ2) is 5.93. The number of carbonyl (C=O) groups is 1. The summed E-state index contributed by atoms with van der Waals surface area (Å²) < 4.78 is 1.70. The van der Waals surface area contributed by atoms with Crippen LogP contribution in [0.5, 0.6) is 5.75 Å². The van der Waals surface area contributed by atoms with Gasteiger partial charge in [0.2, 0.25) is 0 Å². The molecule has 0 spiro atoms. The number of rotatable bonds is 3. The first kappa shape index (κ1) is 15.4.